The molecule has 6 nitrogen and oxygen atoms in total. The zero-order chi connectivity index (χ0) is 18.9. The predicted octanol–water partition coefficient (Wildman–Crippen LogP) is 2.99. The summed E-state index contributed by atoms with van der Waals surface area (Å²) in [5, 5.41) is 11.5. The van der Waals surface area contributed by atoms with Crippen LogP contribution < -0.4 is 16.4 Å². The molecule has 3 rings (SSSR count). The van der Waals surface area contributed by atoms with Gasteiger partial charge in [-0.05, 0) is 50.9 Å². The summed E-state index contributed by atoms with van der Waals surface area (Å²) in [7, 11) is 0. The van der Waals surface area contributed by atoms with Gasteiger partial charge in [0.05, 0.1) is 5.69 Å². The number of nitrogens with one attached hydrogen (secondary N) is 3. The molecule has 142 valence electrons. The first-order chi connectivity index (χ1) is 12.3. The van der Waals surface area contributed by atoms with E-state index in [-0.39, 0.29) is 23.4 Å². The Hall–Kier alpha value is -2.36. The van der Waals surface area contributed by atoms with Crippen molar-refractivity contribution in [3.05, 3.63) is 34.1 Å². The van der Waals surface area contributed by atoms with Crippen molar-refractivity contribution in [2.45, 2.75) is 32.0 Å². The second-order valence-corrected chi connectivity index (χ2v) is 6.32. The molecule has 26 heavy (non-hydrogen) atoms. The molecule has 2 aromatic rings. The fraction of sp³-hybridized carbons (Fsp3) is 0.500. The zero-order valence-corrected chi connectivity index (χ0v) is 13.9. The van der Waals surface area contributed by atoms with Crippen molar-refractivity contribution in [1.82, 2.24) is 15.5 Å². The van der Waals surface area contributed by atoms with Crippen LogP contribution in [-0.2, 0) is 6.18 Å². The predicted molar refractivity (Wildman–Crippen MR) is 86.2 cm³/mol. The van der Waals surface area contributed by atoms with Crippen LogP contribution in [0.4, 0.5) is 23.2 Å². The molecule has 1 saturated heterocycles. The molecular formula is C16H18F4N4O2. The van der Waals surface area contributed by atoms with Gasteiger partial charge in [-0.25, -0.2) is 14.3 Å². The van der Waals surface area contributed by atoms with Gasteiger partial charge in [0.2, 0.25) is 5.89 Å². The van der Waals surface area contributed by atoms with Gasteiger partial charge in [-0.3, -0.25) is 0 Å². The minimum Gasteiger partial charge on any atom is -0.388 e. The van der Waals surface area contributed by atoms with E-state index in [1.807, 2.05) is 5.10 Å². The largest absolute Gasteiger partial charge is 0.434 e. The van der Waals surface area contributed by atoms with Crippen molar-refractivity contribution < 1.29 is 22.0 Å². The fourth-order valence-electron chi connectivity index (χ4n) is 3.19. The third kappa shape index (κ3) is 3.90. The van der Waals surface area contributed by atoms with Gasteiger partial charge in [0.25, 0.3) is 0 Å². The topological polar surface area (TPSA) is 83.0 Å². The fourth-order valence-corrected chi connectivity index (χ4v) is 3.19. The van der Waals surface area contributed by atoms with Crippen LogP contribution in [0.15, 0.2) is 21.3 Å². The van der Waals surface area contributed by atoms with E-state index in [4.69, 9.17) is 4.42 Å². The molecule has 1 aromatic heterocycles. The Kier molecular flexibility index (Phi) is 5.03. The third-order valence-electron chi connectivity index (χ3n) is 4.53. The highest BCUT2D eigenvalue weighted by Crippen LogP contribution is 2.39. The molecule has 1 atom stereocenters. The monoisotopic (exact) mass is 374 g/mol. The summed E-state index contributed by atoms with van der Waals surface area (Å²) in [6.45, 7) is 3.35. The van der Waals surface area contributed by atoms with Crippen molar-refractivity contribution in [2.24, 2.45) is 5.92 Å². The Bertz CT molecular complexity index is 824. The number of benzene rings is 1. The lowest BCUT2D eigenvalue weighted by Gasteiger charge is -2.30. The normalized spacial score (nSPS) is 17.3. The maximum Gasteiger partial charge on any atom is 0.434 e. The van der Waals surface area contributed by atoms with Crippen LogP contribution in [0.1, 0.15) is 25.3 Å². The van der Waals surface area contributed by atoms with Crippen LogP contribution in [0, 0.1) is 11.7 Å². The lowest BCUT2D eigenvalue weighted by Crippen LogP contribution is -2.36. The summed E-state index contributed by atoms with van der Waals surface area (Å²) in [6, 6.07) is 1.46. The van der Waals surface area contributed by atoms with Gasteiger partial charge < -0.3 is 15.1 Å². The minimum atomic E-state index is -4.87. The molecular weight excluding hydrogens is 356 g/mol. The molecule has 0 amide bonds. The van der Waals surface area contributed by atoms with E-state index >= 15 is 0 Å². The van der Waals surface area contributed by atoms with Crippen molar-refractivity contribution >= 4 is 5.69 Å². The summed E-state index contributed by atoms with van der Waals surface area (Å²) < 4.78 is 59.0. The van der Waals surface area contributed by atoms with Gasteiger partial charge in [-0.1, -0.05) is 0 Å². The molecule has 0 aliphatic carbocycles. The maximum atomic E-state index is 14.3. The summed E-state index contributed by atoms with van der Waals surface area (Å²) in [6.07, 6.45) is -3.25. The number of aromatic nitrogens is 2. The molecule has 0 spiro atoms. The quantitative estimate of drug-likeness (QED) is 0.717. The van der Waals surface area contributed by atoms with E-state index in [1.165, 1.54) is 0 Å². The third-order valence-corrected chi connectivity index (χ3v) is 4.53. The summed E-state index contributed by atoms with van der Waals surface area (Å²) in [5.74, 6) is -2.45. The SMILES string of the molecule is CC(Nc1cc(-c2n[nH]c(=O)o2)cc(F)c1C(F)(F)F)C1CCNCC1. The Morgan fingerprint density at radius 2 is 2.00 bits per heavy atom. The van der Waals surface area contributed by atoms with Crippen LogP contribution in [0.3, 0.4) is 0 Å². The lowest BCUT2D eigenvalue weighted by atomic mass is 9.91. The number of aromatic amines is 1. The summed E-state index contributed by atoms with van der Waals surface area (Å²) in [4.78, 5) is 11.1. The maximum absolute atomic E-state index is 14.3. The van der Waals surface area contributed by atoms with E-state index in [9.17, 15) is 22.4 Å². The van der Waals surface area contributed by atoms with Gasteiger partial charge in [0, 0.05) is 11.6 Å². The average Bonchev–Trinajstić information content (AvgIpc) is 3.00. The average molecular weight is 374 g/mol. The standard InChI is InChI=1S/C16H18F4N4O2/c1-8(9-2-4-21-5-3-9)22-12-7-10(14-23-24-15(25)26-14)6-11(17)13(12)16(18,19)20/h6-9,21-22H,2-5H2,1H3,(H,24,25). The first kappa shape index (κ1) is 18.4. The van der Waals surface area contributed by atoms with Gasteiger partial charge >= 0.3 is 11.9 Å². The Morgan fingerprint density at radius 3 is 2.58 bits per heavy atom. The molecule has 1 unspecified atom stereocenters. The van der Waals surface area contributed by atoms with E-state index in [0.29, 0.717) is 6.07 Å². The molecule has 10 heteroatoms. The van der Waals surface area contributed by atoms with E-state index < -0.39 is 29.0 Å². The number of anilines is 1. The summed E-state index contributed by atoms with van der Waals surface area (Å²) >= 11 is 0. The van der Waals surface area contributed by atoms with Crippen molar-refractivity contribution in [3.8, 4) is 11.5 Å². The number of nitrogens with zero attached hydrogens (tertiary/aromatic N) is 1. The van der Waals surface area contributed by atoms with Crippen LogP contribution in [-0.4, -0.2) is 29.3 Å². The van der Waals surface area contributed by atoms with E-state index in [1.54, 1.807) is 6.92 Å². The molecule has 3 N–H and O–H groups in total. The Morgan fingerprint density at radius 1 is 1.31 bits per heavy atom. The molecule has 1 aliphatic heterocycles. The number of halogens is 4. The van der Waals surface area contributed by atoms with Gasteiger partial charge in [0.1, 0.15) is 11.4 Å². The van der Waals surface area contributed by atoms with Crippen LogP contribution in [0.25, 0.3) is 11.5 Å². The van der Waals surface area contributed by atoms with Crippen LogP contribution in [0.5, 0.6) is 0 Å². The van der Waals surface area contributed by atoms with Gasteiger partial charge in [-0.15, -0.1) is 5.10 Å². The first-order valence-corrected chi connectivity index (χ1v) is 8.19. The van der Waals surface area contributed by atoms with Crippen molar-refractivity contribution in [2.75, 3.05) is 18.4 Å². The van der Waals surface area contributed by atoms with Crippen LogP contribution >= 0.6 is 0 Å². The Balaban J connectivity index is 1.99. The number of H-pyrrole nitrogens is 1. The lowest BCUT2D eigenvalue weighted by molar-refractivity contribution is -0.139. The molecule has 1 fully saturated rings. The van der Waals surface area contributed by atoms with Crippen LogP contribution in [0.2, 0.25) is 0 Å². The number of hydrogen-bond donors (Lipinski definition) is 3. The van der Waals surface area contributed by atoms with Gasteiger partial charge in [0.15, 0.2) is 0 Å². The molecule has 2 heterocycles. The minimum absolute atomic E-state index is 0.0612. The highest BCUT2D eigenvalue weighted by Gasteiger charge is 2.38. The molecule has 0 radical (unpaired) electrons. The molecule has 0 saturated carbocycles. The second kappa shape index (κ2) is 7.10. The molecule has 0 bridgehead atoms. The van der Waals surface area contributed by atoms with E-state index in [2.05, 4.69) is 15.7 Å². The number of piperidine rings is 1. The summed E-state index contributed by atoms with van der Waals surface area (Å²) in [5.41, 5.74) is -1.84. The second-order valence-electron chi connectivity index (χ2n) is 6.32. The first-order valence-electron chi connectivity index (χ1n) is 8.19. The molecule has 1 aromatic carbocycles. The smallest absolute Gasteiger partial charge is 0.388 e. The highest BCUT2D eigenvalue weighted by molar-refractivity contribution is 5.66. The van der Waals surface area contributed by atoms with Gasteiger partial charge in [-0.2, -0.15) is 13.2 Å². The number of hydrogen-bond acceptors (Lipinski definition) is 5. The molecule has 1 aliphatic rings. The van der Waals surface area contributed by atoms with E-state index in [0.717, 1.165) is 32.0 Å². The number of rotatable bonds is 4. The highest BCUT2D eigenvalue weighted by atomic mass is 19.4. The zero-order valence-electron chi connectivity index (χ0n) is 13.9. The van der Waals surface area contributed by atoms with Crippen molar-refractivity contribution in [1.29, 1.82) is 0 Å². The number of alkyl halides is 3. The Labute approximate surface area is 146 Å². The van der Waals surface area contributed by atoms with Crippen molar-refractivity contribution in [3.63, 3.8) is 0 Å².